The molecule has 0 unspecified atom stereocenters. The maximum absolute atomic E-state index is 9.81. The van der Waals surface area contributed by atoms with Crippen LogP contribution < -0.4 is 11.1 Å². The Morgan fingerprint density at radius 1 is 1.13 bits per heavy atom. The standard InChI is InChI=1S/C18H15N5/c19-8-14-13-6-7-23-9-15(13)16(12-4-2-1-3-5-12)18(10-20,11-21)17(14)22/h1-6,15-16,23H,7,9,22H2/t15-,16-/m0/s1. The second-order valence-electron chi connectivity index (χ2n) is 5.74. The Kier molecular flexibility index (Phi) is 3.62. The third-order valence-electron chi connectivity index (χ3n) is 4.70. The van der Waals surface area contributed by atoms with Gasteiger partial charge in [-0.15, -0.1) is 0 Å². The van der Waals surface area contributed by atoms with E-state index in [0.29, 0.717) is 13.1 Å². The van der Waals surface area contributed by atoms with Crippen molar-refractivity contribution in [2.45, 2.75) is 5.92 Å². The molecule has 5 nitrogen and oxygen atoms in total. The van der Waals surface area contributed by atoms with Gasteiger partial charge in [0.1, 0.15) is 6.07 Å². The molecule has 1 aliphatic heterocycles. The molecule has 3 rings (SSSR count). The average Bonchev–Trinajstić information content (AvgIpc) is 2.61. The molecule has 1 aliphatic carbocycles. The summed E-state index contributed by atoms with van der Waals surface area (Å²) >= 11 is 0. The van der Waals surface area contributed by atoms with Crippen LogP contribution in [-0.2, 0) is 0 Å². The van der Waals surface area contributed by atoms with Crippen molar-refractivity contribution in [2.75, 3.05) is 13.1 Å². The summed E-state index contributed by atoms with van der Waals surface area (Å²) in [4.78, 5) is 0. The molecule has 0 saturated heterocycles. The molecule has 0 radical (unpaired) electrons. The Morgan fingerprint density at radius 2 is 1.83 bits per heavy atom. The van der Waals surface area contributed by atoms with Gasteiger partial charge in [-0.05, 0) is 11.1 Å². The normalized spacial score (nSPS) is 25.3. The minimum Gasteiger partial charge on any atom is -0.399 e. The van der Waals surface area contributed by atoms with Gasteiger partial charge in [0.15, 0.2) is 5.41 Å². The summed E-state index contributed by atoms with van der Waals surface area (Å²) in [7, 11) is 0. The molecular weight excluding hydrogens is 286 g/mol. The minimum atomic E-state index is -1.53. The van der Waals surface area contributed by atoms with Crippen molar-refractivity contribution in [1.82, 2.24) is 5.32 Å². The van der Waals surface area contributed by atoms with Gasteiger partial charge in [0.05, 0.1) is 23.4 Å². The zero-order valence-corrected chi connectivity index (χ0v) is 12.5. The fourth-order valence-electron chi connectivity index (χ4n) is 3.64. The molecule has 3 N–H and O–H groups in total. The zero-order valence-electron chi connectivity index (χ0n) is 12.5. The van der Waals surface area contributed by atoms with Gasteiger partial charge in [-0.25, -0.2) is 0 Å². The van der Waals surface area contributed by atoms with E-state index in [1.807, 2.05) is 36.4 Å². The zero-order chi connectivity index (χ0) is 16.4. The summed E-state index contributed by atoms with van der Waals surface area (Å²) in [5.74, 6) is -0.540. The highest BCUT2D eigenvalue weighted by Crippen LogP contribution is 2.53. The summed E-state index contributed by atoms with van der Waals surface area (Å²) in [6.45, 7) is 1.26. The lowest BCUT2D eigenvalue weighted by atomic mass is 9.58. The highest BCUT2D eigenvalue weighted by atomic mass is 14.9. The number of rotatable bonds is 1. The van der Waals surface area contributed by atoms with Gasteiger partial charge in [0, 0.05) is 24.9 Å². The van der Waals surface area contributed by atoms with Crippen molar-refractivity contribution in [1.29, 1.82) is 15.8 Å². The van der Waals surface area contributed by atoms with Gasteiger partial charge in [0.2, 0.25) is 0 Å². The lowest BCUT2D eigenvalue weighted by Gasteiger charge is -2.43. The summed E-state index contributed by atoms with van der Waals surface area (Å²) in [6.07, 6.45) is 1.94. The van der Waals surface area contributed by atoms with Crippen LogP contribution in [0.15, 0.2) is 53.3 Å². The molecule has 1 heterocycles. The van der Waals surface area contributed by atoms with E-state index in [0.717, 1.165) is 11.1 Å². The predicted octanol–water partition coefficient (Wildman–Crippen LogP) is 1.70. The average molecular weight is 301 g/mol. The summed E-state index contributed by atoms with van der Waals surface area (Å²) < 4.78 is 0. The first kappa shape index (κ1) is 14.9. The minimum absolute atomic E-state index is 0.0725. The fourth-order valence-corrected chi connectivity index (χ4v) is 3.64. The maximum Gasteiger partial charge on any atom is 0.191 e. The SMILES string of the molecule is N#CC1=C(N)C(C#N)(C#N)[C@@H](c2ccccc2)[C@H]2CNCC=C12. The van der Waals surface area contributed by atoms with Gasteiger partial charge in [-0.3, -0.25) is 0 Å². The first-order chi connectivity index (χ1) is 11.2. The number of nitrogens with one attached hydrogen (secondary N) is 1. The molecule has 2 atom stereocenters. The van der Waals surface area contributed by atoms with Crippen LogP contribution in [0, 0.1) is 45.3 Å². The number of hydrogen-bond acceptors (Lipinski definition) is 5. The number of fused-ring (bicyclic) bond motifs is 1. The van der Waals surface area contributed by atoms with Crippen molar-refractivity contribution in [3.8, 4) is 18.2 Å². The van der Waals surface area contributed by atoms with Crippen molar-refractivity contribution >= 4 is 0 Å². The molecule has 0 spiro atoms. The Morgan fingerprint density at radius 3 is 2.43 bits per heavy atom. The molecule has 0 fully saturated rings. The Bertz CT molecular complexity index is 800. The van der Waals surface area contributed by atoms with Gasteiger partial charge in [-0.2, -0.15) is 15.8 Å². The quantitative estimate of drug-likeness (QED) is 0.820. The topological polar surface area (TPSA) is 109 Å². The van der Waals surface area contributed by atoms with Crippen molar-refractivity contribution < 1.29 is 0 Å². The molecule has 2 aliphatic rings. The van der Waals surface area contributed by atoms with Crippen LogP contribution in [0.5, 0.6) is 0 Å². The molecular formula is C18H15N5. The van der Waals surface area contributed by atoms with E-state index in [-0.39, 0.29) is 17.2 Å². The number of allylic oxidation sites excluding steroid dienone is 2. The highest BCUT2D eigenvalue weighted by Gasteiger charge is 2.53. The number of nitrogens with two attached hydrogens (primary N) is 1. The summed E-state index contributed by atoms with van der Waals surface area (Å²) in [5.41, 5.74) is 6.73. The fraction of sp³-hybridized carbons (Fsp3) is 0.278. The van der Waals surface area contributed by atoms with E-state index in [1.54, 1.807) is 0 Å². The van der Waals surface area contributed by atoms with Crippen LogP contribution in [0.25, 0.3) is 0 Å². The molecule has 23 heavy (non-hydrogen) atoms. The first-order valence-electron chi connectivity index (χ1n) is 7.38. The van der Waals surface area contributed by atoms with Gasteiger partial charge >= 0.3 is 0 Å². The molecule has 0 saturated carbocycles. The number of hydrogen-bond donors (Lipinski definition) is 2. The van der Waals surface area contributed by atoms with Gasteiger partial charge in [-0.1, -0.05) is 36.4 Å². The third kappa shape index (κ3) is 2.01. The molecule has 1 aromatic rings. The lowest BCUT2D eigenvalue weighted by Crippen LogP contribution is -2.46. The number of nitrogens with zero attached hydrogens (tertiary/aromatic N) is 3. The molecule has 0 aromatic heterocycles. The van der Waals surface area contributed by atoms with Crippen LogP contribution >= 0.6 is 0 Å². The number of benzene rings is 1. The molecule has 112 valence electrons. The van der Waals surface area contributed by atoms with E-state index < -0.39 is 11.3 Å². The largest absolute Gasteiger partial charge is 0.399 e. The molecule has 1 aromatic carbocycles. The maximum atomic E-state index is 9.81. The van der Waals surface area contributed by atoms with E-state index >= 15 is 0 Å². The highest BCUT2D eigenvalue weighted by molar-refractivity contribution is 5.59. The van der Waals surface area contributed by atoms with E-state index in [1.165, 1.54) is 0 Å². The van der Waals surface area contributed by atoms with Crippen molar-refractivity contribution in [3.05, 3.63) is 58.8 Å². The Labute approximate surface area is 134 Å². The summed E-state index contributed by atoms with van der Waals surface area (Å²) in [5, 5.41) is 32.4. The van der Waals surface area contributed by atoms with Gasteiger partial charge in [0.25, 0.3) is 0 Å². The lowest BCUT2D eigenvalue weighted by molar-refractivity contribution is 0.328. The molecule has 0 bridgehead atoms. The molecule has 5 heteroatoms. The second kappa shape index (κ2) is 5.61. The second-order valence-corrected chi connectivity index (χ2v) is 5.74. The predicted molar refractivity (Wildman–Crippen MR) is 84.1 cm³/mol. The Balaban J connectivity index is 2.33. The van der Waals surface area contributed by atoms with Crippen molar-refractivity contribution in [3.63, 3.8) is 0 Å². The monoisotopic (exact) mass is 301 g/mol. The smallest absolute Gasteiger partial charge is 0.191 e. The van der Waals surface area contributed by atoms with E-state index in [9.17, 15) is 15.8 Å². The van der Waals surface area contributed by atoms with E-state index in [4.69, 9.17) is 5.73 Å². The third-order valence-corrected chi connectivity index (χ3v) is 4.70. The van der Waals surface area contributed by atoms with Crippen LogP contribution in [0.2, 0.25) is 0 Å². The van der Waals surface area contributed by atoms with Crippen LogP contribution in [-0.4, -0.2) is 13.1 Å². The van der Waals surface area contributed by atoms with Crippen LogP contribution in [0.3, 0.4) is 0 Å². The van der Waals surface area contributed by atoms with Gasteiger partial charge < -0.3 is 11.1 Å². The van der Waals surface area contributed by atoms with Crippen LogP contribution in [0.4, 0.5) is 0 Å². The van der Waals surface area contributed by atoms with Crippen molar-refractivity contribution in [2.24, 2.45) is 17.1 Å². The van der Waals surface area contributed by atoms with Crippen LogP contribution in [0.1, 0.15) is 11.5 Å². The summed E-state index contributed by atoms with van der Waals surface area (Å²) in [6, 6.07) is 15.8. The first-order valence-corrected chi connectivity index (χ1v) is 7.38. The molecule has 0 amide bonds. The Hall–Kier alpha value is -3.07. The van der Waals surface area contributed by atoms with E-state index in [2.05, 4.69) is 23.5 Å². The number of nitriles is 3.